The van der Waals surface area contributed by atoms with Crippen LogP contribution in [0.2, 0.25) is 0 Å². The van der Waals surface area contributed by atoms with Crippen molar-refractivity contribution < 1.29 is 4.74 Å². The van der Waals surface area contributed by atoms with E-state index in [4.69, 9.17) is 9.72 Å². The molecule has 2 aromatic carbocycles. The number of unbranched alkanes of at least 4 members (excludes halogenated alkanes) is 2. The van der Waals surface area contributed by atoms with Crippen molar-refractivity contribution in [1.82, 2.24) is 15.0 Å². The summed E-state index contributed by atoms with van der Waals surface area (Å²) in [5.41, 5.74) is 5.55. The molecule has 4 nitrogen and oxygen atoms in total. The highest BCUT2D eigenvalue weighted by molar-refractivity contribution is 5.78. The van der Waals surface area contributed by atoms with Crippen LogP contribution in [0.5, 0.6) is 0 Å². The molecule has 0 spiro atoms. The molecule has 0 aliphatic heterocycles. The van der Waals surface area contributed by atoms with Crippen LogP contribution in [-0.4, -0.2) is 21.6 Å². The van der Waals surface area contributed by atoms with Crippen molar-refractivity contribution in [3.8, 4) is 22.5 Å². The van der Waals surface area contributed by atoms with Crippen LogP contribution in [-0.2, 0) is 17.8 Å². The monoisotopic (exact) mass is 397 g/mol. The molecule has 0 unspecified atom stereocenters. The van der Waals surface area contributed by atoms with E-state index in [1.54, 1.807) is 6.20 Å². The van der Waals surface area contributed by atoms with Gasteiger partial charge in [-0.15, -0.1) is 0 Å². The Bertz CT molecular complexity index is 957. The zero-order chi connectivity index (χ0) is 20.4. The molecule has 4 rings (SSSR count). The standard InChI is InChI=1S/C26H27N3O/c1-4-12-22(13-5-1)25-26(23-14-6-2-7-15-23)29-24(28-25)16-8-3-9-18-30-20-21-11-10-17-27-19-21/h1-2,4-7,10-15,17,19H,3,8-9,16,18,20H2,(H,28,29). The molecule has 4 aromatic rings. The minimum absolute atomic E-state index is 0.632. The number of nitrogens with zero attached hydrogens (tertiary/aromatic N) is 2. The predicted molar refractivity (Wildman–Crippen MR) is 121 cm³/mol. The number of ether oxygens (including phenoxy) is 1. The first-order chi connectivity index (χ1) is 14.9. The molecule has 0 fully saturated rings. The molecule has 0 radical (unpaired) electrons. The summed E-state index contributed by atoms with van der Waals surface area (Å²) >= 11 is 0. The number of aromatic amines is 1. The zero-order valence-corrected chi connectivity index (χ0v) is 17.1. The number of pyridine rings is 1. The summed E-state index contributed by atoms with van der Waals surface area (Å²) < 4.78 is 5.75. The third-order valence-electron chi connectivity index (χ3n) is 5.06. The topological polar surface area (TPSA) is 50.8 Å². The summed E-state index contributed by atoms with van der Waals surface area (Å²) in [6.07, 6.45) is 7.84. The first-order valence-corrected chi connectivity index (χ1v) is 10.6. The number of nitrogens with one attached hydrogen (secondary N) is 1. The quantitative estimate of drug-likeness (QED) is 0.331. The smallest absolute Gasteiger partial charge is 0.107 e. The fourth-order valence-corrected chi connectivity index (χ4v) is 3.51. The van der Waals surface area contributed by atoms with Gasteiger partial charge in [0.25, 0.3) is 0 Å². The van der Waals surface area contributed by atoms with Crippen LogP contribution in [0.3, 0.4) is 0 Å². The van der Waals surface area contributed by atoms with Gasteiger partial charge in [0, 0.05) is 36.5 Å². The molecule has 152 valence electrons. The van der Waals surface area contributed by atoms with Gasteiger partial charge in [0.1, 0.15) is 5.82 Å². The molecule has 0 aliphatic carbocycles. The van der Waals surface area contributed by atoms with Crippen molar-refractivity contribution in [2.45, 2.75) is 32.3 Å². The van der Waals surface area contributed by atoms with Crippen LogP contribution in [0.25, 0.3) is 22.5 Å². The lowest BCUT2D eigenvalue weighted by Crippen LogP contribution is -1.97. The van der Waals surface area contributed by atoms with E-state index in [1.807, 2.05) is 30.5 Å². The Hall–Kier alpha value is -3.24. The second kappa shape index (κ2) is 10.5. The number of hydrogen-bond acceptors (Lipinski definition) is 3. The fraction of sp³-hybridized carbons (Fsp3) is 0.231. The molecule has 30 heavy (non-hydrogen) atoms. The van der Waals surface area contributed by atoms with Crippen LogP contribution in [0.15, 0.2) is 85.2 Å². The molecular weight excluding hydrogens is 370 g/mol. The van der Waals surface area contributed by atoms with Gasteiger partial charge in [-0.1, -0.05) is 73.2 Å². The van der Waals surface area contributed by atoms with E-state index < -0.39 is 0 Å². The normalized spacial score (nSPS) is 10.9. The summed E-state index contributed by atoms with van der Waals surface area (Å²) in [5, 5.41) is 0. The minimum atomic E-state index is 0.632. The highest BCUT2D eigenvalue weighted by Crippen LogP contribution is 2.30. The van der Waals surface area contributed by atoms with E-state index in [1.165, 1.54) is 5.56 Å². The van der Waals surface area contributed by atoms with E-state index >= 15 is 0 Å². The third kappa shape index (κ3) is 5.43. The summed E-state index contributed by atoms with van der Waals surface area (Å²) in [4.78, 5) is 12.6. The minimum Gasteiger partial charge on any atom is -0.377 e. The maximum atomic E-state index is 5.75. The lowest BCUT2D eigenvalue weighted by molar-refractivity contribution is 0.116. The van der Waals surface area contributed by atoms with Crippen LogP contribution < -0.4 is 0 Å². The van der Waals surface area contributed by atoms with E-state index in [0.717, 1.165) is 60.6 Å². The Morgan fingerprint density at radius 2 is 1.53 bits per heavy atom. The lowest BCUT2D eigenvalue weighted by atomic mass is 10.1. The van der Waals surface area contributed by atoms with Gasteiger partial charge in [0.2, 0.25) is 0 Å². The highest BCUT2D eigenvalue weighted by atomic mass is 16.5. The largest absolute Gasteiger partial charge is 0.377 e. The van der Waals surface area contributed by atoms with Crippen molar-refractivity contribution in [3.05, 3.63) is 96.6 Å². The van der Waals surface area contributed by atoms with Gasteiger partial charge in [-0.3, -0.25) is 4.98 Å². The fourth-order valence-electron chi connectivity index (χ4n) is 3.51. The Morgan fingerprint density at radius 3 is 2.27 bits per heavy atom. The number of rotatable bonds is 10. The third-order valence-corrected chi connectivity index (χ3v) is 5.06. The number of aryl methyl sites for hydroxylation is 1. The molecule has 0 amide bonds. The summed E-state index contributed by atoms with van der Waals surface area (Å²) in [5.74, 6) is 1.05. The predicted octanol–water partition coefficient (Wildman–Crippen LogP) is 6.07. The molecule has 1 N–H and O–H groups in total. The highest BCUT2D eigenvalue weighted by Gasteiger charge is 2.13. The number of imidazole rings is 1. The van der Waals surface area contributed by atoms with E-state index in [2.05, 4.69) is 58.5 Å². The Balaban J connectivity index is 1.31. The molecule has 0 aliphatic rings. The van der Waals surface area contributed by atoms with Gasteiger partial charge in [-0.2, -0.15) is 0 Å². The Labute approximate surface area is 178 Å². The van der Waals surface area contributed by atoms with Gasteiger partial charge in [-0.05, 0) is 24.5 Å². The van der Waals surface area contributed by atoms with Gasteiger partial charge < -0.3 is 9.72 Å². The molecule has 0 saturated carbocycles. The number of H-pyrrole nitrogens is 1. The van der Waals surface area contributed by atoms with E-state index in [0.29, 0.717) is 6.61 Å². The molecule has 2 aromatic heterocycles. The maximum absolute atomic E-state index is 5.75. The zero-order valence-electron chi connectivity index (χ0n) is 17.1. The van der Waals surface area contributed by atoms with Crippen molar-refractivity contribution >= 4 is 0 Å². The number of aromatic nitrogens is 3. The van der Waals surface area contributed by atoms with Crippen LogP contribution in [0.4, 0.5) is 0 Å². The average Bonchev–Trinajstić information content (AvgIpc) is 3.24. The van der Waals surface area contributed by atoms with Gasteiger partial charge in [0.05, 0.1) is 18.0 Å². The SMILES string of the molecule is c1ccc(-c2nc(CCCCCOCc3cccnc3)[nH]c2-c2ccccc2)cc1. The van der Waals surface area contributed by atoms with Crippen LogP contribution in [0.1, 0.15) is 30.7 Å². The molecule has 0 bridgehead atoms. The van der Waals surface area contributed by atoms with Gasteiger partial charge in [0.15, 0.2) is 0 Å². The van der Waals surface area contributed by atoms with E-state index in [-0.39, 0.29) is 0 Å². The Kier molecular flexibility index (Phi) is 7.03. The number of hydrogen-bond donors (Lipinski definition) is 1. The van der Waals surface area contributed by atoms with Crippen molar-refractivity contribution in [3.63, 3.8) is 0 Å². The second-order valence-electron chi connectivity index (χ2n) is 7.36. The molecule has 0 atom stereocenters. The van der Waals surface area contributed by atoms with Crippen molar-refractivity contribution in [1.29, 1.82) is 0 Å². The lowest BCUT2D eigenvalue weighted by Gasteiger charge is -2.03. The Morgan fingerprint density at radius 1 is 0.767 bits per heavy atom. The first-order valence-electron chi connectivity index (χ1n) is 10.6. The molecule has 0 saturated heterocycles. The second-order valence-corrected chi connectivity index (χ2v) is 7.36. The average molecular weight is 398 g/mol. The molecule has 4 heteroatoms. The van der Waals surface area contributed by atoms with Crippen LogP contribution >= 0.6 is 0 Å². The first kappa shape index (κ1) is 20.0. The summed E-state index contributed by atoms with van der Waals surface area (Å²) in [7, 11) is 0. The summed E-state index contributed by atoms with van der Waals surface area (Å²) in [6.45, 7) is 1.41. The van der Waals surface area contributed by atoms with Crippen molar-refractivity contribution in [2.24, 2.45) is 0 Å². The van der Waals surface area contributed by atoms with E-state index in [9.17, 15) is 0 Å². The molecule has 2 heterocycles. The van der Waals surface area contributed by atoms with Crippen molar-refractivity contribution in [2.75, 3.05) is 6.61 Å². The number of benzene rings is 2. The molecular formula is C26H27N3O. The van der Waals surface area contributed by atoms with Crippen LogP contribution in [0, 0.1) is 0 Å². The maximum Gasteiger partial charge on any atom is 0.107 e. The summed E-state index contributed by atoms with van der Waals surface area (Å²) in [6, 6.07) is 24.8. The van der Waals surface area contributed by atoms with Gasteiger partial charge >= 0.3 is 0 Å². The van der Waals surface area contributed by atoms with Gasteiger partial charge in [-0.25, -0.2) is 4.98 Å².